The minimum absolute atomic E-state index is 0.0252. The first-order valence-electron chi connectivity index (χ1n) is 10.9. The summed E-state index contributed by atoms with van der Waals surface area (Å²) >= 11 is 0. The maximum atomic E-state index is 11.6. The molecule has 0 saturated carbocycles. The third-order valence-corrected chi connectivity index (χ3v) is 5.67. The zero-order chi connectivity index (χ0) is 26.0. The van der Waals surface area contributed by atoms with Gasteiger partial charge in [0.2, 0.25) is 6.29 Å². The number of carboxylic acids is 1. The summed E-state index contributed by atoms with van der Waals surface area (Å²) in [4.78, 5) is 22.6. The highest BCUT2D eigenvalue weighted by atomic mass is 16.7. The van der Waals surface area contributed by atoms with Gasteiger partial charge in [0.25, 0.3) is 0 Å². The molecule has 192 valence electrons. The summed E-state index contributed by atoms with van der Waals surface area (Å²) in [5.74, 6) is -1.39. The smallest absolute Gasteiger partial charge is 0.336 e. The van der Waals surface area contributed by atoms with Crippen molar-refractivity contribution in [3.63, 3.8) is 0 Å². The Morgan fingerprint density at radius 1 is 0.972 bits per heavy atom. The number of fused-ring (bicyclic) bond motifs is 1. The van der Waals surface area contributed by atoms with E-state index in [1.807, 2.05) is 0 Å². The Hall–Kier alpha value is -3.68. The lowest BCUT2D eigenvalue weighted by atomic mass is 9.99. The minimum atomic E-state index is -1.72. The van der Waals surface area contributed by atoms with Crippen LogP contribution in [-0.2, 0) is 16.0 Å². The van der Waals surface area contributed by atoms with Crippen molar-refractivity contribution in [2.75, 3.05) is 6.61 Å². The van der Waals surface area contributed by atoms with E-state index < -0.39 is 48.9 Å². The van der Waals surface area contributed by atoms with E-state index >= 15 is 0 Å². The van der Waals surface area contributed by atoms with Crippen LogP contribution in [0.1, 0.15) is 12.0 Å². The van der Waals surface area contributed by atoms with Crippen LogP contribution in [0, 0.1) is 0 Å². The number of aromatic hydroxyl groups is 1. The zero-order valence-corrected chi connectivity index (χ0v) is 18.7. The molecule has 3 aromatic rings. The van der Waals surface area contributed by atoms with Crippen LogP contribution in [-0.4, -0.2) is 73.9 Å². The molecular formula is C24H24O12. The molecule has 0 unspecified atom stereocenters. The number of aliphatic hydroxyl groups is 4. The minimum Gasteiger partial charge on any atom is -0.508 e. The number of hydrogen-bond acceptors (Lipinski definition) is 11. The van der Waals surface area contributed by atoms with Gasteiger partial charge < -0.3 is 49.3 Å². The van der Waals surface area contributed by atoms with Crippen LogP contribution in [0.5, 0.6) is 23.0 Å². The molecule has 0 spiro atoms. The molecule has 4 rings (SSSR count). The molecule has 1 aliphatic heterocycles. The fourth-order valence-electron chi connectivity index (χ4n) is 3.73. The van der Waals surface area contributed by atoms with Crippen LogP contribution in [0.15, 0.2) is 51.7 Å². The van der Waals surface area contributed by atoms with Gasteiger partial charge in [0.1, 0.15) is 41.5 Å². The van der Waals surface area contributed by atoms with Crippen LogP contribution in [0.2, 0.25) is 0 Å². The van der Waals surface area contributed by atoms with Crippen LogP contribution in [0.25, 0.3) is 11.0 Å². The number of rotatable bonds is 8. The van der Waals surface area contributed by atoms with Crippen molar-refractivity contribution in [2.45, 2.75) is 43.5 Å². The average Bonchev–Trinajstić information content (AvgIpc) is 2.84. The fraction of sp³-hybridized carbons (Fsp3) is 0.333. The molecule has 1 aliphatic rings. The van der Waals surface area contributed by atoms with Gasteiger partial charge in [0.15, 0.2) is 11.5 Å². The van der Waals surface area contributed by atoms with Crippen molar-refractivity contribution in [3.05, 3.63) is 58.4 Å². The molecule has 0 aliphatic carbocycles. The van der Waals surface area contributed by atoms with E-state index in [0.717, 1.165) is 6.07 Å². The molecule has 0 radical (unpaired) electrons. The molecule has 5 atom stereocenters. The molecule has 1 saturated heterocycles. The van der Waals surface area contributed by atoms with Crippen LogP contribution >= 0.6 is 0 Å². The number of aryl methyl sites for hydroxylation is 1. The lowest BCUT2D eigenvalue weighted by molar-refractivity contribution is -0.277. The van der Waals surface area contributed by atoms with E-state index in [1.165, 1.54) is 18.2 Å². The van der Waals surface area contributed by atoms with E-state index in [2.05, 4.69) is 0 Å². The first-order chi connectivity index (χ1) is 17.2. The quantitative estimate of drug-likeness (QED) is 0.233. The van der Waals surface area contributed by atoms with Crippen LogP contribution in [0.3, 0.4) is 0 Å². The molecule has 12 heteroatoms. The number of aliphatic hydroxyl groups excluding tert-OH is 4. The Kier molecular flexibility index (Phi) is 7.43. The summed E-state index contributed by atoms with van der Waals surface area (Å²) in [6.45, 7) is -0.671. The van der Waals surface area contributed by atoms with Crippen molar-refractivity contribution in [1.29, 1.82) is 0 Å². The van der Waals surface area contributed by atoms with Gasteiger partial charge in [-0.3, -0.25) is 4.79 Å². The molecule has 2 heterocycles. The third kappa shape index (κ3) is 5.42. The Bertz CT molecular complexity index is 1300. The van der Waals surface area contributed by atoms with Crippen LogP contribution < -0.4 is 15.1 Å². The highest BCUT2D eigenvalue weighted by molar-refractivity contribution is 5.78. The van der Waals surface area contributed by atoms with E-state index in [4.69, 9.17) is 23.7 Å². The van der Waals surface area contributed by atoms with Crippen LogP contribution in [0.4, 0.5) is 0 Å². The topological polar surface area (TPSA) is 196 Å². The lowest BCUT2D eigenvalue weighted by Crippen LogP contribution is -2.60. The Labute approximate surface area is 203 Å². The Morgan fingerprint density at radius 3 is 2.44 bits per heavy atom. The number of phenols is 1. The second-order valence-electron chi connectivity index (χ2n) is 8.19. The summed E-state index contributed by atoms with van der Waals surface area (Å²) in [6, 6.07) is 9.95. The van der Waals surface area contributed by atoms with E-state index in [9.17, 15) is 35.1 Å². The van der Waals surface area contributed by atoms with Crippen molar-refractivity contribution < 1.29 is 54.1 Å². The number of aliphatic carboxylic acids is 1. The summed E-state index contributed by atoms with van der Waals surface area (Å²) in [5.41, 5.74) is -0.103. The maximum Gasteiger partial charge on any atom is 0.336 e. The molecule has 1 fully saturated rings. The van der Waals surface area contributed by atoms with Gasteiger partial charge in [-0.15, -0.1) is 0 Å². The number of carbonyl (C=O) groups is 1. The first kappa shape index (κ1) is 25.4. The standard InChI is InChI=1S/C24H24O12/c25-10-18-21(30)22(31)23(32)24(36-18)35-17-9-14(26)12(2-5-19(27)28)7-16(17)33-13-4-1-11-3-6-20(29)34-15(11)8-13/h1,3-4,6-9,18,21-26,30-32H,2,5,10H2,(H,27,28)/t18-,21+,22+,23-,24-/m0/s1. The molecule has 1 aromatic heterocycles. The Morgan fingerprint density at radius 2 is 1.72 bits per heavy atom. The first-order valence-corrected chi connectivity index (χ1v) is 10.9. The second kappa shape index (κ2) is 10.5. The summed E-state index contributed by atoms with van der Waals surface area (Å²) < 4.78 is 22.1. The molecule has 2 aromatic carbocycles. The zero-order valence-electron chi connectivity index (χ0n) is 18.7. The largest absolute Gasteiger partial charge is 0.508 e. The normalized spacial score (nSPS) is 23.9. The van der Waals surface area contributed by atoms with Gasteiger partial charge >= 0.3 is 11.6 Å². The van der Waals surface area contributed by atoms with E-state index in [-0.39, 0.29) is 47.0 Å². The monoisotopic (exact) mass is 504 g/mol. The number of phenolic OH excluding ortho intramolecular Hbond substituents is 1. The van der Waals surface area contributed by atoms with Gasteiger partial charge in [-0.2, -0.15) is 0 Å². The number of carboxylic acid groups (broad SMARTS) is 1. The molecular weight excluding hydrogens is 480 g/mol. The van der Waals surface area contributed by atoms with Crippen molar-refractivity contribution in [2.24, 2.45) is 0 Å². The molecule has 0 amide bonds. The van der Waals surface area contributed by atoms with E-state index in [1.54, 1.807) is 18.2 Å². The highest BCUT2D eigenvalue weighted by Gasteiger charge is 2.45. The molecule has 12 nitrogen and oxygen atoms in total. The predicted octanol–water partition coefficient (Wildman–Crippen LogP) is 0.487. The fourth-order valence-corrected chi connectivity index (χ4v) is 3.73. The third-order valence-electron chi connectivity index (χ3n) is 5.67. The predicted molar refractivity (Wildman–Crippen MR) is 121 cm³/mol. The summed E-state index contributed by atoms with van der Waals surface area (Å²) in [5, 5.41) is 59.9. The van der Waals surface area contributed by atoms with Gasteiger partial charge in [-0.1, -0.05) is 0 Å². The number of benzene rings is 2. The molecule has 0 bridgehead atoms. The lowest BCUT2D eigenvalue weighted by Gasteiger charge is -2.39. The van der Waals surface area contributed by atoms with E-state index in [0.29, 0.717) is 5.39 Å². The van der Waals surface area contributed by atoms with Gasteiger partial charge in [0.05, 0.1) is 6.61 Å². The molecule has 36 heavy (non-hydrogen) atoms. The van der Waals surface area contributed by atoms with Crippen molar-refractivity contribution in [3.8, 4) is 23.0 Å². The van der Waals surface area contributed by atoms with Gasteiger partial charge in [-0.25, -0.2) is 4.79 Å². The summed E-state index contributed by atoms with van der Waals surface area (Å²) in [7, 11) is 0. The summed E-state index contributed by atoms with van der Waals surface area (Å²) in [6.07, 6.45) is -8.13. The molecule has 6 N–H and O–H groups in total. The number of ether oxygens (including phenoxy) is 3. The maximum absolute atomic E-state index is 11.6. The van der Waals surface area contributed by atoms with Crippen molar-refractivity contribution >= 4 is 16.9 Å². The van der Waals surface area contributed by atoms with Gasteiger partial charge in [-0.05, 0) is 36.2 Å². The highest BCUT2D eigenvalue weighted by Crippen LogP contribution is 2.40. The number of hydrogen-bond donors (Lipinski definition) is 6. The van der Waals surface area contributed by atoms with Crippen molar-refractivity contribution in [1.82, 2.24) is 0 Å². The SMILES string of the molecule is O=C(O)CCc1cc(Oc2ccc3ccc(=O)oc3c2)c(O[C@H]2O[C@@H](CO)[C@@H](O)[C@@H](O)[C@@H]2O)cc1O. The van der Waals surface area contributed by atoms with Gasteiger partial charge in [0, 0.05) is 30.0 Å². The Balaban J connectivity index is 1.69. The average molecular weight is 504 g/mol. The second-order valence-corrected chi connectivity index (χ2v) is 8.19.